The molecule has 1 atom stereocenters. The Hall–Kier alpha value is -3.12. The standard InChI is InChI=1S/C25H26F3N4OP.C2H6/c1-31(20-10-13-32(14-11-20)23-7-2-3-12-29-23)24(33)30-22-9-8-18(16-21(22)26)17-5-4-6-19(15-17)25(27,28)34;1-2/h2-9,12,15-16,20H,10-11,13-14,34H2,1H3,(H,30,33);1-2H3. The van der Waals surface area contributed by atoms with Crippen LogP contribution in [0.15, 0.2) is 66.9 Å². The highest BCUT2D eigenvalue weighted by Crippen LogP contribution is 2.37. The van der Waals surface area contributed by atoms with E-state index in [9.17, 15) is 18.0 Å². The third-order valence-corrected chi connectivity index (χ3v) is 6.43. The summed E-state index contributed by atoms with van der Waals surface area (Å²) in [6, 6.07) is 15.5. The van der Waals surface area contributed by atoms with Gasteiger partial charge >= 0.3 is 6.03 Å². The summed E-state index contributed by atoms with van der Waals surface area (Å²) in [4.78, 5) is 20.9. The Balaban J connectivity index is 0.00000176. The number of alkyl halides is 2. The Bertz CT molecular complexity index is 1150. The average Bonchev–Trinajstić information content (AvgIpc) is 2.90. The third kappa shape index (κ3) is 6.76. The molecule has 2 aromatic carbocycles. The van der Waals surface area contributed by atoms with Gasteiger partial charge in [-0.05, 0) is 54.3 Å². The number of aromatic nitrogens is 1. The summed E-state index contributed by atoms with van der Waals surface area (Å²) in [6.07, 6.45) is 3.31. The normalized spacial score (nSPS) is 14.0. The van der Waals surface area contributed by atoms with Gasteiger partial charge in [0.1, 0.15) is 11.6 Å². The molecule has 0 bridgehead atoms. The Morgan fingerprint density at radius 2 is 1.75 bits per heavy atom. The number of carbonyl (C=O) groups excluding carboxylic acids is 1. The first-order chi connectivity index (χ1) is 17.2. The Morgan fingerprint density at radius 3 is 2.36 bits per heavy atom. The molecule has 192 valence electrons. The molecule has 1 fully saturated rings. The molecule has 1 aliphatic heterocycles. The third-order valence-electron chi connectivity index (χ3n) is 6.10. The van der Waals surface area contributed by atoms with Gasteiger partial charge in [0.15, 0.2) is 0 Å². The molecule has 1 saturated heterocycles. The maximum Gasteiger partial charge on any atom is 0.321 e. The van der Waals surface area contributed by atoms with Crippen LogP contribution < -0.4 is 10.2 Å². The number of anilines is 2. The number of hydrogen-bond acceptors (Lipinski definition) is 3. The molecule has 2 heterocycles. The van der Waals surface area contributed by atoms with E-state index in [2.05, 4.69) is 15.2 Å². The van der Waals surface area contributed by atoms with Gasteiger partial charge in [-0.25, -0.2) is 14.2 Å². The average molecular weight is 517 g/mol. The molecule has 1 N–H and O–H groups in total. The summed E-state index contributed by atoms with van der Waals surface area (Å²) in [5.74, 6) is 0.287. The van der Waals surface area contributed by atoms with E-state index in [4.69, 9.17) is 0 Å². The van der Waals surface area contributed by atoms with Crippen LogP contribution in [0.4, 0.5) is 29.5 Å². The summed E-state index contributed by atoms with van der Waals surface area (Å²) in [7, 11) is 3.20. The van der Waals surface area contributed by atoms with Crippen molar-refractivity contribution in [1.82, 2.24) is 9.88 Å². The van der Waals surface area contributed by atoms with Gasteiger partial charge in [-0.2, -0.15) is 8.78 Å². The zero-order valence-corrected chi connectivity index (χ0v) is 21.9. The van der Waals surface area contributed by atoms with Crippen molar-refractivity contribution in [3.05, 3.63) is 78.2 Å². The topological polar surface area (TPSA) is 48.5 Å². The van der Waals surface area contributed by atoms with Crippen molar-refractivity contribution >= 4 is 26.8 Å². The molecule has 3 aromatic rings. The van der Waals surface area contributed by atoms with Gasteiger partial charge in [-0.1, -0.05) is 53.4 Å². The number of pyridine rings is 1. The Labute approximate surface area is 212 Å². The van der Waals surface area contributed by atoms with Crippen LogP contribution in [0.1, 0.15) is 32.3 Å². The second-order valence-corrected chi connectivity index (χ2v) is 9.07. The van der Waals surface area contributed by atoms with E-state index in [0.717, 1.165) is 31.7 Å². The minimum absolute atomic E-state index is 0.0265. The smallest absolute Gasteiger partial charge is 0.321 e. The van der Waals surface area contributed by atoms with Gasteiger partial charge in [-0.15, -0.1) is 0 Å². The van der Waals surface area contributed by atoms with Crippen molar-refractivity contribution in [2.75, 3.05) is 30.4 Å². The fourth-order valence-electron chi connectivity index (χ4n) is 4.09. The lowest BCUT2D eigenvalue weighted by Crippen LogP contribution is -2.47. The van der Waals surface area contributed by atoms with Crippen LogP contribution in [0.25, 0.3) is 11.1 Å². The summed E-state index contributed by atoms with van der Waals surface area (Å²) in [5.41, 5.74) is -2.29. The maximum atomic E-state index is 14.8. The van der Waals surface area contributed by atoms with E-state index in [0.29, 0.717) is 11.1 Å². The van der Waals surface area contributed by atoms with Crippen LogP contribution >= 0.6 is 9.24 Å². The molecular formula is C27H32F3N4OP. The van der Waals surface area contributed by atoms with Gasteiger partial charge in [0.2, 0.25) is 0 Å². The summed E-state index contributed by atoms with van der Waals surface area (Å²) in [5, 5.41) is 2.63. The molecule has 36 heavy (non-hydrogen) atoms. The fourth-order valence-corrected chi connectivity index (χ4v) is 4.27. The number of hydrogen-bond donors (Lipinski definition) is 1. The zero-order valence-electron chi connectivity index (χ0n) is 20.7. The van der Waals surface area contributed by atoms with E-state index in [1.54, 1.807) is 30.3 Å². The van der Waals surface area contributed by atoms with Crippen LogP contribution in [0.3, 0.4) is 0 Å². The molecule has 1 aliphatic rings. The van der Waals surface area contributed by atoms with Gasteiger partial charge in [0.05, 0.1) is 5.69 Å². The van der Waals surface area contributed by atoms with E-state index in [-0.39, 0.29) is 17.3 Å². The number of nitrogens with zero attached hydrogens (tertiary/aromatic N) is 3. The molecular weight excluding hydrogens is 484 g/mol. The fraction of sp³-hybridized carbons (Fsp3) is 0.333. The van der Waals surface area contributed by atoms with E-state index in [1.165, 1.54) is 39.6 Å². The van der Waals surface area contributed by atoms with E-state index < -0.39 is 17.5 Å². The quantitative estimate of drug-likeness (QED) is 0.373. The van der Waals surface area contributed by atoms with Crippen molar-refractivity contribution in [3.8, 4) is 11.1 Å². The lowest BCUT2D eigenvalue weighted by Gasteiger charge is -2.37. The Kier molecular flexibility index (Phi) is 9.32. The first kappa shape index (κ1) is 27.5. The molecule has 0 spiro atoms. The second kappa shape index (κ2) is 12.2. The lowest BCUT2D eigenvalue weighted by atomic mass is 10.0. The van der Waals surface area contributed by atoms with Crippen LogP contribution in [-0.2, 0) is 5.66 Å². The molecule has 2 amide bonds. The van der Waals surface area contributed by atoms with Gasteiger partial charge in [0, 0.05) is 37.9 Å². The molecule has 0 radical (unpaired) electrons. The monoisotopic (exact) mass is 516 g/mol. The predicted octanol–water partition coefficient (Wildman–Crippen LogP) is 6.97. The number of nitrogens with one attached hydrogen (secondary N) is 1. The summed E-state index contributed by atoms with van der Waals surface area (Å²) >= 11 is 0. The maximum absolute atomic E-state index is 14.8. The van der Waals surface area contributed by atoms with Gasteiger partial charge in [-0.3, -0.25) is 0 Å². The molecule has 1 aromatic heterocycles. The first-order valence-corrected chi connectivity index (χ1v) is 12.6. The number of benzene rings is 2. The number of piperidine rings is 1. The molecule has 4 rings (SSSR count). The SMILES string of the molecule is CC.CN(C(=O)Nc1ccc(-c2cccc(C(F)(F)P)c2)cc1F)C1CCN(c2ccccn2)CC1. The van der Waals surface area contributed by atoms with Crippen molar-refractivity contribution in [1.29, 1.82) is 0 Å². The molecule has 0 saturated carbocycles. The van der Waals surface area contributed by atoms with E-state index in [1.807, 2.05) is 32.0 Å². The van der Waals surface area contributed by atoms with E-state index >= 15 is 0 Å². The second-order valence-electron chi connectivity index (χ2n) is 8.35. The first-order valence-electron chi connectivity index (χ1n) is 12.0. The number of halogens is 3. The number of carbonyl (C=O) groups is 1. The number of amides is 2. The van der Waals surface area contributed by atoms with Crippen LogP contribution in [0.2, 0.25) is 0 Å². The highest BCUT2D eigenvalue weighted by Gasteiger charge is 2.27. The zero-order chi connectivity index (χ0) is 26.3. The molecule has 1 unspecified atom stereocenters. The van der Waals surface area contributed by atoms with Crippen LogP contribution in [0, 0.1) is 5.82 Å². The van der Waals surface area contributed by atoms with Crippen LogP contribution in [-0.4, -0.2) is 42.1 Å². The van der Waals surface area contributed by atoms with Crippen LogP contribution in [0.5, 0.6) is 0 Å². The Morgan fingerprint density at radius 1 is 1.06 bits per heavy atom. The van der Waals surface area contributed by atoms with Crippen molar-refractivity contribution < 1.29 is 18.0 Å². The molecule has 0 aliphatic carbocycles. The minimum Gasteiger partial charge on any atom is -0.356 e. The summed E-state index contributed by atoms with van der Waals surface area (Å²) < 4.78 is 42.0. The number of urea groups is 1. The minimum atomic E-state index is -3.07. The highest BCUT2D eigenvalue weighted by molar-refractivity contribution is 7.17. The van der Waals surface area contributed by atoms with Gasteiger partial charge < -0.3 is 15.1 Å². The highest BCUT2D eigenvalue weighted by atomic mass is 31.0. The molecule has 9 heteroatoms. The van der Waals surface area contributed by atoms with Gasteiger partial charge in [0.25, 0.3) is 5.66 Å². The summed E-state index contributed by atoms with van der Waals surface area (Å²) in [6.45, 7) is 5.55. The molecule has 5 nitrogen and oxygen atoms in total. The van der Waals surface area contributed by atoms with Crippen molar-refractivity contribution in [2.24, 2.45) is 0 Å². The lowest BCUT2D eigenvalue weighted by molar-refractivity contribution is 0.104. The largest absolute Gasteiger partial charge is 0.356 e. The van der Waals surface area contributed by atoms with Crippen molar-refractivity contribution in [2.45, 2.75) is 38.4 Å². The number of rotatable bonds is 5. The van der Waals surface area contributed by atoms with Crippen molar-refractivity contribution in [3.63, 3.8) is 0 Å². The predicted molar refractivity (Wildman–Crippen MR) is 143 cm³/mol.